The van der Waals surface area contributed by atoms with E-state index in [2.05, 4.69) is 0 Å². The fraction of sp³-hybridized carbons (Fsp3) is 0.143. The summed E-state index contributed by atoms with van der Waals surface area (Å²) in [5.74, 6) is 2.82. The third kappa shape index (κ3) is 4.27. The van der Waals surface area contributed by atoms with Crippen molar-refractivity contribution in [1.29, 1.82) is 0 Å². The summed E-state index contributed by atoms with van der Waals surface area (Å²) in [6.45, 7) is 0. The smallest absolute Gasteiger partial charge is 0.131 e. The molecule has 0 aliphatic carbocycles. The lowest BCUT2D eigenvalue weighted by molar-refractivity contribution is 0.399. The fourth-order valence-electron chi connectivity index (χ4n) is 4.02. The van der Waals surface area contributed by atoms with Crippen LogP contribution < -0.4 is 34.9 Å². The Morgan fingerprint density at radius 3 is 1.41 bits per heavy atom. The molecule has 0 spiro atoms. The molecule has 0 bridgehead atoms. The number of ether oxygens (including phenoxy) is 4. The molecule has 0 fully saturated rings. The van der Waals surface area contributed by atoms with E-state index in [1.807, 2.05) is 84.9 Å². The Morgan fingerprint density at radius 2 is 0.971 bits per heavy atom. The Bertz CT molecular complexity index is 1170. The molecule has 0 heterocycles. The van der Waals surface area contributed by atoms with Gasteiger partial charge in [-0.05, 0) is 29.8 Å². The second-order valence-electron chi connectivity index (χ2n) is 7.40. The van der Waals surface area contributed by atoms with Gasteiger partial charge in [-0.15, -0.1) is 0 Å². The van der Waals surface area contributed by atoms with Crippen molar-refractivity contribution in [2.24, 2.45) is 0 Å². The average Bonchev–Trinajstić information content (AvgIpc) is 2.90. The van der Waals surface area contributed by atoms with Crippen LogP contribution in [-0.4, -0.2) is 33.5 Å². The normalized spacial score (nSPS) is 10.7. The molecule has 0 radical (unpaired) electrons. The minimum absolute atomic E-state index is 0.195. The SMILES string of the molecule is COc1cccc(OC)c1P(c1cccc(-c2ccccc2)c1O)c1c(OC)cccc1OC. The van der Waals surface area contributed by atoms with Gasteiger partial charge in [0.2, 0.25) is 0 Å². The van der Waals surface area contributed by atoms with Crippen LogP contribution in [0.2, 0.25) is 0 Å². The molecule has 0 aromatic heterocycles. The zero-order chi connectivity index (χ0) is 24.1. The number of methoxy groups -OCH3 is 4. The summed E-state index contributed by atoms with van der Waals surface area (Å²) >= 11 is 0. The first-order valence-corrected chi connectivity index (χ1v) is 12.1. The van der Waals surface area contributed by atoms with Crippen LogP contribution in [0.15, 0.2) is 84.9 Å². The van der Waals surface area contributed by atoms with Gasteiger partial charge < -0.3 is 24.1 Å². The van der Waals surface area contributed by atoms with E-state index in [4.69, 9.17) is 18.9 Å². The molecule has 0 aliphatic heterocycles. The van der Waals surface area contributed by atoms with Crippen LogP contribution in [0.5, 0.6) is 28.7 Å². The van der Waals surface area contributed by atoms with Crippen molar-refractivity contribution in [3.8, 4) is 39.9 Å². The molecule has 34 heavy (non-hydrogen) atoms. The maximum atomic E-state index is 11.6. The largest absolute Gasteiger partial charge is 0.507 e. The minimum Gasteiger partial charge on any atom is -0.507 e. The number of hydrogen-bond donors (Lipinski definition) is 1. The third-order valence-electron chi connectivity index (χ3n) is 5.59. The molecule has 0 amide bonds. The van der Waals surface area contributed by atoms with Crippen molar-refractivity contribution in [3.05, 3.63) is 84.9 Å². The van der Waals surface area contributed by atoms with Crippen LogP contribution in [-0.2, 0) is 0 Å². The number of benzene rings is 4. The quantitative estimate of drug-likeness (QED) is 0.370. The summed E-state index contributed by atoms with van der Waals surface area (Å²) in [4.78, 5) is 0. The van der Waals surface area contributed by atoms with E-state index in [0.29, 0.717) is 23.0 Å². The number of para-hydroxylation sites is 1. The molecule has 4 aromatic carbocycles. The molecule has 0 saturated heterocycles. The van der Waals surface area contributed by atoms with Crippen LogP contribution in [0.25, 0.3) is 11.1 Å². The topological polar surface area (TPSA) is 57.2 Å². The molecule has 1 N–H and O–H groups in total. The summed E-state index contributed by atoms with van der Waals surface area (Å²) in [5.41, 5.74) is 1.67. The average molecular weight is 474 g/mol. The van der Waals surface area contributed by atoms with Crippen LogP contribution in [0.1, 0.15) is 0 Å². The van der Waals surface area contributed by atoms with Gasteiger partial charge in [0, 0.05) is 18.8 Å². The highest BCUT2D eigenvalue weighted by atomic mass is 31.1. The van der Waals surface area contributed by atoms with E-state index in [0.717, 1.165) is 27.0 Å². The molecule has 0 atom stereocenters. The predicted molar refractivity (Wildman–Crippen MR) is 138 cm³/mol. The highest BCUT2D eigenvalue weighted by molar-refractivity contribution is 7.80. The Balaban J connectivity index is 2.10. The summed E-state index contributed by atoms with van der Waals surface area (Å²) in [6, 6.07) is 27.0. The summed E-state index contributed by atoms with van der Waals surface area (Å²) in [7, 11) is 5.09. The number of phenols is 1. The summed E-state index contributed by atoms with van der Waals surface area (Å²) in [6.07, 6.45) is 0. The van der Waals surface area contributed by atoms with E-state index in [1.165, 1.54) is 0 Å². The van der Waals surface area contributed by atoms with Crippen molar-refractivity contribution in [2.75, 3.05) is 28.4 Å². The monoisotopic (exact) mass is 474 g/mol. The number of hydrogen-bond acceptors (Lipinski definition) is 5. The summed E-state index contributed by atoms with van der Waals surface area (Å²) < 4.78 is 23.1. The molecule has 0 aliphatic rings. The highest BCUT2D eigenvalue weighted by Crippen LogP contribution is 2.48. The van der Waals surface area contributed by atoms with E-state index in [-0.39, 0.29) is 5.75 Å². The van der Waals surface area contributed by atoms with Gasteiger partial charge >= 0.3 is 0 Å². The molecular weight excluding hydrogens is 447 g/mol. The van der Waals surface area contributed by atoms with Crippen molar-refractivity contribution >= 4 is 23.8 Å². The zero-order valence-electron chi connectivity index (χ0n) is 19.6. The van der Waals surface area contributed by atoms with Crippen LogP contribution >= 0.6 is 7.92 Å². The first-order valence-electron chi connectivity index (χ1n) is 10.7. The van der Waals surface area contributed by atoms with Crippen LogP contribution in [0, 0.1) is 0 Å². The van der Waals surface area contributed by atoms with Crippen molar-refractivity contribution in [3.63, 3.8) is 0 Å². The van der Waals surface area contributed by atoms with E-state index < -0.39 is 7.92 Å². The standard InChI is InChI=1S/C28H27O5P/c1-30-21-14-9-15-22(31-2)27(21)34(28-23(32-3)16-10-17-24(28)33-4)25-18-8-13-20(26(25)29)19-11-6-5-7-12-19/h5-18,29H,1-4H3. The second-order valence-corrected chi connectivity index (χ2v) is 9.44. The molecule has 4 rings (SSSR count). The predicted octanol–water partition coefficient (Wildman–Crippen LogP) is 4.85. The van der Waals surface area contributed by atoms with Crippen LogP contribution in [0.4, 0.5) is 0 Å². The van der Waals surface area contributed by atoms with Gasteiger partial charge in [0.05, 0.1) is 39.0 Å². The highest BCUT2D eigenvalue weighted by Gasteiger charge is 2.32. The Kier molecular flexibility index (Phi) is 7.24. The van der Waals surface area contributed by atoms with Gasteiger partial charge in [-0.2, -0.15) is 0 Å². The molecular formula is C28H27O5P. The fourth-order valence-corrected chi connectivity index (χ4v) is 6.84. The molecule has 5 nitrogen and oxygen atoms in total. The van der Waals surface area contributed by atoms with E-state index >= 15 is 0 Å². The first kappa shape index (κ1) is 23.5. The lowest BCUT2D eigenvalue weighted by Crippen LogP contribution is -2.26. The number of phenolic OH excluding ortho intramolecular Hbond substituents is 1. The molecule has 6 heteroatoms. The molecule has 0 unspecified atom stereocenters. The van der Waals surface area contributed by atoms with Crippen molar-refractivity contribution in [1.82, 2.24) is 0 Å². The van der Waals surface area contributed by atoms with Crippen molar-refractivity contribution in [2.45, 2.75) is 0 Å². The number of aromatic hydroxyl groups is 1. The van der Waals surface area contributed by atoms with Gasteiger partial charge in [-0.1, -0.05) is 60.7 Å². The first-order chi connectivity index (χ1) is 16.6. The molecule has 174 valence electrons. The maximum absolute atomic E-state index is 11.6. The van der Waals surface area contributed by atoms with Gasteiger partial charge in [0.1, 0.15) is 28.7 Å². The third-order valence-corrected chi connectivity index (χ3v) is 8.21. The maximum Gasteiger partial charge on any atom is 0.131 e. The van der Waals surface area contributed by atoms with E-state index in [1.54, 1.807) is 28.4 Å². The van der Waals surface area contributed by atoms with Gasteiger partial charge in [0.15, 0.2) is 0 Å². The van der Waals surface area contributed by atoms with Crippen molar-refractivity contribution < 1.29 is 24.1 Å². The lowest BCUT2D eigenvalue weighted by atomic mass is 10.1. The van der Waals surface area contributed by atoms with Gasteiger partial charge in [-0.25, -0.2) is 0 Å². The Morgan fingerprint density at radius 1 is 0.529 bits per heavy atom. The van der Waals surface area contributed by atoms with E-state index in [9.17, 15) is 5.11 Å². The Hall–Kier alpha value is -3.69. The minimum atomic E-state index is -1.43. The van der Waals surface area contributed by atoms with Gasteiger partial charge in [0.25, 0.3) is 0 Å². The Labute approximate surface area is 201 Å². The summed E-state index contributed by atoms with van der Waals surface area (Å²) in [5, 5.41) is 14.0. The second kappa shape index (κ2) is 10.5. The molecule has 4 aromatic rings. The lowest BCUT2D eigenvalue weighted by Gasteiger charge is -2.27. The molecule has 0 saturated carbocycles. The zero-order valence-corrected chi connectivity index (χ0v) is 20.5. The van der Waals surface area contributed by atoms with Gasteiger partial charge in [-0.3, -0.25) is 0 Å². The van der Waals surface area contributed by atoms with Crippen LogP contribution in [0.3, 0.4) is 0 Å². The number of rotatable bonds is 8.